The van der Waals surface area contributed by atoms with Crippen LogP contribution < -0.4 is 5.32 Å². The number of benzene rings is 1. The monoisotopic (exact) mass is 242 g/mol. The average Bonchev–Trinajstić information content (AvgIpc) is 2.40. The van der Waals surface area contributed by atoms with E-state index < -0.39 is 0 Å². The van der Waals surface area contributed by atoms with Gasteiger partial charge in [0.05, 0.1) is 5.56 Å². The molecule has 4 nitrogen and oxygen atoms in total. The third-order valence-electron chi connectivity index (χ3n) is 2.54. The van der Waals surface area contributed by atoms with Crippen molar-refractivity contribution in [1.29, 1.82) is 0 Å². The Morgan fingerprint density at radius 2 is 1.94 bits per heavy atom. The Morgan fingerprint density at radius 3 is 2.67 bits per heavy atom. The molecule has 0 bridgehead atoms. The molecular formula is C14H14N2O2. The summed E-state index contributed by atoms with van der Waals surface area (Å²) in [6.07, 6.45) is 2.39. The van der Waals surface area contributed by atoms with Gasteiger partial charge < -0.3 is 10.4 Å². The fourth-order valence-corrected chi connectivity index (χ4v) is 1.61. The quantitative estimate of drug-likeness (QED) is 0.858. The maximum atomic E-state index is 11.8. The molecule has 0 saturated carbocycles. The van der Waals surface area contributed by atoms with Gasteiger partial charge in [0.25, 0.3) is 5.91 Å². The van der Waals surface area contributed by atoms with Crippen molar-refractivity contribution in [3.8, 4) is 5.75 Å². The van der Waals surface area contributed by atoms with Crippen molar-refractivity contribution in [2.75, 3.05) is 6.54 Å². The van der Waals surface area contributed by atoms with Crippen LogP contribution in [0.25, 0.3) is 0 Å². The van der Waals surface area contributed by atoms with Crippen LogP contribution in [-0.2, 0) is 6.42 Å². The van der Waals surface area contributed by atoms with Gasteiger partial charge in [0.1, 0.15) is 5.75 Å². The number of aromatic hydroxyl groups is 1. The Morgan fingerprint density at radius 1 is 1.17 bits per heavy atom. The molecule has 92 valence electrons. The van der Waals surface area contributed by atoms with E-state index in [9.17, 15) is 9.90 Å². The number of phenols is 1. The number of nitrogens with zero attached hydrogens (tertiary/aromatic N) is 1. The van der Waals surface area contributed by atoms with Gasteiger partial charge in [0, 0.05) is 24.9 Å². The van der Waals surface area contributed by atoms with E-state index in [0.29, 0.717) is 18.5 Å². The van der Waals surface area contributed by atoms with E-state index in [1.54, 1.807) is 24.4 Å². The highest BCUT2D eigenvalue weighted by Gasteiger charge is 2.08. The molecule has 18 heavy (non-hydrogen) atoms. The van der Waals surface area contributed by atoms with Gasteiger partial charge in [-0.15, -0.1) is 0 Å². The molecule has 0 saturated heterocycles. The largest absolute Gasteiger partial charge is 0.507 e. The first-order valence-electron chi connectivity index (χ1n) is 5.73. The van der Waals surface area contributed by atoms with Crippen LogP contribution in [0.15, 0.2) is 48.7 Å². The Labute approximate surface area is 105 Å². The summed E-state index contributed by atoms with van der Waals surface area (Å²) in [5, 5.41) is 12.3. The van der Waals surface area contributed by atoms with E-state index in [-0.39, 0.29) is 11.7 Å². The van der Waals surface area contributed by atoms with Gasteiger partial charge in [-0.05, 0) is 24.3 Å². The van der Waals surface area contributed by atoms with Crippen molar-refractivity contribution >= 4 is 5.91 Å². The molecular weight excluding hydrogens is 228 g/mol. The second kappa shape index (κ2) is 5.82. The molecule has 1 aromatic carbocycles. The fraction of sp³-hybridized carbons (Fsp3) is 0.143. The van der Waals surface area contributed by atoms with Gasteiger partial charge in [0.2, 0.25) is 0 Å². The molecule has 0 atom stereocenters. The third-order valence-corrected chi connectivity index (χ3v) is 2.54. The van der Waals surface area contributed by atoms with Gasteiger partial charge in [-0.1, -0.05) is 18.2 Å². The summed E-state index contributed by atoms with van der Waals surface area (Å²) in [5.74, 6) is -0.281. The molecule has 1 amide bonds. The van der Waals surface area contributed by atoms with E-state index in [1.165, 1.54) is 6.07 Å². The highest BCUT2D eigenvalue weighted by Crippen LogP contribution is 2.14. The lowest BCUT2D eigenvalue weighted by molar-refractivity contribution is 0.0951. The first-order valence-corrected chi connectivity index (χ1v) is 5.73. The summed E-state index contributed by atoms with van der Waals surface area (Å²) in [7, 11) is 0. The van der Waals surface area contributed by atoms with Crippen molar-refractivity contribution in [1.82, 2.24) is 10.3 Å². The second-order valence-corrected chi connectivity index (χ2v) is 3.84. The minimum absolute atomic E-state index is 0.00663. The zero-order valence-corrected chi connectivity index (χ0v) is 9.84. The van der Waals surface area contributed by atoms with Crippen molar-refractivity contribution in [3.63, 3.8) is 0 Å². The van der Waals surface area contributed by atoms with Crippen LogP contribution in [0.4, 0.5) is 0 Å². The van der Waals surface area contributed by atoms with E-state index >= 15 is 0 Å². The zero-order valence-electron chi connectivity index (χ0n) is 9.84. The van der Waals surface area contributed by atoms with Gasteiger partial charge in [-0.2, -0.15) is 0 Å². The molecule has 0 spiro atoms. The topological polar surface area (TPSA) is 62.2 Å². The van der Waals surface area contributed by atoms with Gasteiger partial charge in [-0.3, -0.25) is 9.78 Å². The maximum absolute atomic E-state index is 11.8. The molecule has 2 aromatic rings. The third kappa shape index (κ3) is 3.07. The van der Waals surface area contributed by atoms with Crippen molar-refractivity contribution < 1.29 is 9.90 Å². The molecule has 0 radical (unpaired) electrons. The van der Waals surface area contributed by atoms with Crippen LogP contribution in [0.1, 0.15) is 16.1 Å². The summed E-state index contributed by atoms with van der Waals surface area (Å²) < 4.78 is 0. The Kier molecular flexibility index (Phi) is 3.91. The lowest BCUT2D eigenvalue weighted by Crippen LogP contribution is -2.25. The number of nitrogens with one attached hydrogen (secondary N) is 1. The van der Waals surface area contributed by atoms with Crippen LogP contribution in [-0.4, -0.2) is 22.5 Å². The normalized spacial score (nSPS) is 10.0. The first kappa shape index (κ1) is 12.1. The molecule has 1 aromatic heterocycles. The van der Waals surface area contributed by atoms with E-state index in [0.717, 1.165) is 5.69 Å². The Balaban J connectivity index is 1.88. The number of hydrogen-bond acceptors (Lipinski definition) is 3. The molecule has 0 aliphatic carbocycles. The van der Waals surface area contributed by atoms with Crippen LogP contribution >= 0.6 is 0 Å². The Bertz CT molecular complexity index is 526. The first-order chi connectivity index (χ1) is 8.77. The van der Waals surface area contributed by atoms with Gasteiger partial charge >= 0.3 is 0 Å². The van der Waals surface area contributed by atoms with E-state index in [1.807, 2.05) is 18.2 Å². The lowest BCUT2D eigenvalue weighted by Gasteiger charge is -2.06. The molecule has 0 fully saturated rings. The molecule has 2 rings (SSSR count). The van der Waals surface area contributed by atoms with Crippen LogP contribution in [0.3, 0.4) is 0 Å². The second-order valence-electron chi connectivity index (χ2n) is 3.84. The number of carbonyl (C=O) groups is 1. The summed E-state index contributed by atoms with van der Waals surface area (Å²) in [5.41, 5.74) is 1.22. The van der Waals surface area contributed by atoms with Crippen molar-refractivity contribution in [2.24, 2.45) is 0 Å². The predicted molar refractivity (Wildman–Crippen MR) is 68.4 cm³/mol. The average molecular weight is 242 g/mol. The minimum Gasteiger partial charge on any atom is -0.507 e. The predicted octanol–water partition coefficient (Wildman–Crippen LogP) is 1.76. The van der Waals surface area contributed by atoms with Crippen LogP contribution in [0.5, 0.6) is 5.75 Å². The number of hydrogen-bond donors (Lipinski definition) is 2. The number of para-hydroxylation sites is 1. The molecule has 0 aliphatic heterocycles. The SMILES string of the molecule is O=C(NCCc1ccccn1)c1ccccc1O. The molecule has 4 heteroatoms. The molecule has 1 heterocycles. The van der Waals surface area contributed by atoms with E-state index in [4.69, 9.17) is 0 Å². The van der Waals surface area contributed by atoms with Crippen LogP contribution in [0, 0.1) is 0 Å². The Hall–Kier alpha value is -2.36. The number of aromatic nitrogens is 1. The lowest BCUT2D eigenvalue weighted by atomic mass is 10.2. The maximum Gasteiger partial charge on any atom is 0.255 e. The highest BCUT2D eigenvalue weighted by atomic mass is 16.3. The minimum atomic E-state index is -0.274. The number of phenolic OH excluding ortho intramolecular Hbond substituents is 1. The number of carbonyl (C=O) groups excluding carboxylic acids is 1. The highest BCUT2D eigenvalue weighted by molar-refractivity contribution is 5.96. The van der Waals surface area contributed by atoms with Gasteiger partial charge in [-0.25, -0.2) is 0 Å². The smallest absolute Gasteiger partial charge is 0.255 e. The standard InChI is InChI=1S/C14H14N2O2/c17-13-7-2-1-6-12(13)14(18)16-10-8-11-5-3-4-9-15-11/h1-7,9,17H,8,10H2,(H,16,18). The van der Waals surface area contributed by atoms with Gasteiger partial charge in [0.15, 0.2) is 0 Å². The van der Waals surface area contributed by atoms with E-state index in [2.05, 4.69) is 10.3 Å². The number of amides is 1. The van der Waals surface area contributed by atoms with Crippen molar-refractivity contribution in [2.45, 2.75) is 6.42 Å². The molecule has 0 unspecified atom stereocenters. The zero-order chi connectivity index (χ0) is 12.8. The molecule has 0 aliphatic rings. The van der Waals surface area contributed by atoms with Crippen LogP contribution in [0.2, 0.25) is 0 Å². The summed E-state index contributed by atoms with van der Waals surface area (Å²) in [4.78, 5) is 15.9. The summed E-state index contributed by atoms with van der Waals surface area (Å²) in [6.45, 7) is 0.490. The summed E-state index contributed by atoms with van der Waals surface area (Å²) in [6, 6.07) is 12.1. The number of rotatable bonds is 4. The summed E-state index contributed by atoms with van der Waals surface area (Å²) >= 11 is 0. The molecule has 2 N–H and O–H groups in total. The number of pyridine rings is 1. The fourth-order valence-electron chi connectivity index (χ4n) is 1.61. The van der Waals surface area contributed by atoms with Crippen molar-refractivity contribution in [3.05, 3.63) is 59.9 Å².